The van der Waals surface area contributed by atoms with Crippen LogP contribution in [0.25, 0.3) is 0 Å². The van der Waals surface area contributed by atoms with Crippen molar-refractivity contribution in [1.82, 2.24) is 15.0 Å². The molecule has 0 saturated carbocycles. The first-order valence-electron chi connectivity index (χ1n) is 5.01. The largest absolute Gasteiger partial charge is 0.336 e. The van der Waals surface area contributed by atoms with Gasteiger partial charge < -0.3 is 4.57 Å². The Balaban J connectivity index is 2.42. The predicted octanol–water partition coefficient (Wildman–Crippen LogP) is 2.39. The summed E-state index contributed by atoms with van der Waals surface area (Å²) < 4.78 is 2.78. The van der Waals surface area contributed by atoms with E-state index in [4.69, 9.17) is 17.4 Å². The van der Waals surface area contributed by atoms with Gasteiger partial charge in [-0.15, -0.1) is 0 Å². The Morgan fingerprint density at radius 2 is 2.29 bits per heavy atom. The average Bonchev–Trinajstić information content (AvgIpc) is 2.71. The third-order valence-corrected chi connectivity index (χ3v) is 3.79. The Bertz CT molecular complexity index is 526. The Morgan fingerprint density at radius 1 is 1.53 bits per heavy atom. The number of nitrogens with one attached hydrogen (secondary N) is 1. The van der Waals surface area contributed by atoms with Gasteiger partial charge in [-0.3, -0.25) is 5.84 Å². The summed E-state index contributed by atoms with van der Waals surface area (Å²) in [7, 11) is 1.92. The van der Waals surface area contributed by atoms with Crippen LogP contribution >= 0.6 is 27.5 Å². The number of nitrogens with two attached hydrogens (primary N) is 1. The second-order valence-electron chi connectivity index (χ2n) is 3.67. The number of halogens is 2. The van der Waals surface area contributed by atoms with Crippen molar-refractivity contribution in [3.05, 3.63) is 51.5 Å². The zero-order valence-electron chi connectivity index (χ0n) is 9.19. The normalized spacial score (nSPS) is 12.7. The Hall–Kier alpha value is -0.880. The molecule has 0 amide bonds. The maximum atomic E-state index is 6.07. The Labute approximate surface area is 113 Å². The molecule has 2 rings (SSSR count). The minimum atomic E-state index is -0.180. The van der Waals surface area contributed by atoms with Gasteiger partial charge in [0.15, 0.2) is 0 Å². The first-order chi connectivity index (χ1) is 8.13. The summed E-state index contributed by atoms with van der Waals surface area (Å²) in [4.78, 5) is 4.28. The number of imidazole rings is 1. The molecule has 0 spiro atoms. The molecule has 2 aromatic rings. The molecule has 0 fully saturated rings. The maximum absolute atomic E-state index is 6.07. The van der Waals surface area contributed by atoms with Crippen molar-refractivity contribution in [3.63, 3.8) is 0 Å². The zero-order chi connectivity index (χ0) is 12.4. The molecule has 0 aliphatic heterocycles. The average molecular weight is 316 g/mol. The number of benzene rings is 1. The lowest BCUT2D eigenvalue weighted by Gasteiger charge is -2.16. The van der Waals surface area contributed by atoms with E-state index < -0.39 is 0 Å². The highest BCUT2D eigenvalue weighted by molar-refractivity contribution is 9.10. The monoisotopic (exact) mass is 314 g/mol. The van der Waals surface area contributed by atoms with Crippen LogP contribution in [-0.4, -0.2) is 9.55 Å². The zero-order valence-corrected chi connectivity index (χ0v) is 11.5. The topological polar surface area (TPSA) is 55.9 Å². The number of rotatable bonds is 3. The smallest absolute Gasteiger partial charge is 0.131 e. The van der Waals surface area contributed by atoms with E-state index in [1.807, 2.05) is 36.0 Å². The summed E-state index contributed by atoms with van der Waals surface area (Å²) >= 11 is 9.43. The molecule has 17 heavy (non-hydrogen) atoms. The second-order valence-corrected chi connectivity index (χ2v) is 4.93. The van der Waals surface area contributed by atoms with Crippen LogP contribution in [0.4, 0.5) is 0 Å². The third kappa shape index (κ3) is 2.52. The second kappa shape index (κ2) is 5.18. The van der Waals surface area contributed by atoms with E-state index in [-0.39, 0.29) is 6.04 Å². The molecule has 0 saturated heterocycles. The van der Waals surface area contributed by atoms with Crippen molar-refractivity contribution < 1.29 is 0 Å². The molecule has 1 unspecified atom stereocenters. The Kier molecular flexibility index (Phi) is 3.83. The van der Waals surface area contributed by atoms with Crippen LogP contribution in [0.2, 0.25) is 5.02 Å². The van der Waals surface area contributed by atoms with Crippen LogP contribution in [0.1, 0.15) is 17.4 Å². The van der Waals surface area contributed by atoms with Gasteiger partial charge in [0.2, 0.25) is 0 Å². The number of hydrazine groups is 1. The van der Waals surface area contributed by atoms with E-state index in [0.717, 1.165) is 15.9 Å². The van der Waals surface area contributed by atoms with Crippen molar-refractivity contribution in [3.8, 4) is 0 Å². The van der Waals surface area contributed by atoms with Gasteiger partial charge >= 0.3 is 0 Å². The van der Waals surface area contributed by atoms with Gasteiger partial charge in [-0.05, 0) is 33.6 Å². The van der Waals surface area contributed by atoms with Crippen molar-refractivity contribution in [2.45, 2.75) is 6.04 Å². The van der Waals surface area contributed by atoms with Crippen molar-refractivity contribution in [1.29, 1.82) is 0 Å². The molecule has 4 nitrogen and oxygen atoms in total. The fraction of sp³-hybridized carbons (Fsp3) is 0.182. The lowest BCUT2D eigenvalue weighted by molar-refractivity contribution is 0.580. The van der Waals surface area contributed by atoms with Crippen LogP contribution in [0.15, 0.2) is 35.1 Å². The summed E-state index contributed by atoms with van der Waals surface area (Å²) in [6, 6.07) is 5.53. The SMILES string of the molecule is Cn1ccnc1C(NN)c1ccc(Br)c(Cl)c1. The van der Waals surface area contributed by atoms with Gasteiger partial charge in [0, 0.05) is 23.9 Å². The van der Waals surface area contributed by atoms with Crippen LogP contribution in [-0.2, 0) is 7.05 Å². The highest BCUT2D eigenvalue weighted by Crippen LogP contribution is 2.28. The van der Waals surface area contributed by atoms with Gasteiger partial charge in [-0.25, -0.2) is 10.4 Å². The fourth-order valence-corrected chi connectivity index (χ4v) is 2.10. The minimum absolute atomic E-state index is 0.180. The Morgan fingerprint density at radius 3 is 2.82 bits per heavy atom. The van der Waals surface area contributed by atoms with E-state index >= 15 is 0 Å². The van der Waals surface area contributed by atoms with Gasteiger partial charge in [-0.1, -0.05) is 17.7 Å². The predicted molar refractivity (Wildman–Crippen MR) is 71.5 cm³/mol. The molecule has 90 valence electrons. The highest BCUT2D eigenvalue weighted by atomic mass is 79.9. The summed E-state index contributed by atoms with van der Waals surface area (Å²) in [5, 5.41) is 0.650. The van der Waals surface area contributed by atoms with Crippen molar-refractivity contribution in [2.24, 2.45) is 12.9 Å². The van der Waals surface area contributed by atoms with Crippen LogP contribution in [0.3, 0.4) is 0 Å². The van der Waals surface area contributed by atoms with Gasteiger partial charge in [0.05, 0.1) is 5.02 Å². The van der Waals surface area contributed by atoms with E-state index in [2.05, 4.69) is 26.3 Å². The molecule has 0 radical (unpaired) electrons. The number of nitrogens with zero attached hydrogens (tertiary/aromatic N) is 2. The molecule has 0 aliphatic carbocycles. The van der Waals surface area contributed by atoms with Gasteiger partial charge in [0.1, 0.15) is 11.9 Å². The van der Waals surface area contributed by atoms with E-state index in [9.17, 15) is 0 Å². The number of hydrogen-bond donors (Lipinski definition) is 2. The summed E-state index contributed by atoms with van der Waals surface area (Å²) in [5.74, 6) is 6.43. The lowest BCUT2D eigenvalue weighted by Crippen LogP contribution is -2.30. The van der Waals surface area contributed by atoms with Crippen LogP contribution in [0.5, 0.6) is 0 Å². The van der Waals surface area contributed by atoms with Gasteiger partial charge in [0.25, 0.3) is 0 Å². The van der Waals surface area contributed by atoms with E-state index in [0.29, 0.717) is 5.02 Å². The summed E-state index contributed by atoms with van der Waals surface area (Å²) in [6.07, 6.45) is 3.61. The molecular formula is C11H12BrClN4. The van der Waals surface area contributed by atoms with E-state index in [1.165, 1.54) is 0 Å². The summed E-state index contributed by atoms with van der Waals surface area (Å²) in [6.45, 7) is 0. The first kappa shape index (κ1) is 12.6. The molecule has 1 atom stereocenters. The molecular weight excluding hydrogens is 304 g/mol. The molecule has 3 N–H and O–H groups in total. The fourth-order valence-electron chi connectivity index (χ4n) is 1.67. The molecule has 0 bridgehead atoms. The first-order valence-corrected chi connectivity index (χ1v) is 6.19. The van der Waals surface area contributed by atoms with Crippen molar-refractivity contribution >= 4 is 27.5 Å². The molecule has 1 aromatic carbocycles. The number of aromatic nitrogens is 2. The molecule has 1 heterocycles. The maximum Gasteiger partial charge on any atom is 0.131 e. The van der Waals surface area contributed by atoms with Crippen LogP contribution < -0.4 is 11.3 Å². The standard InChI is InChI=1S/C11H12BrClN4/c1-17-5-4-15-11(17)10(16-14)7-2-3-8(12)9(13)6-7/h2-6,10,16H,14H2,1H3. The van der Waals surface area contributed by atoms with Crippen molar-refractivity contribution in [2.75, 3.05) is 0 Å². The molecule has 6 heteroatoms. The molecule has 0 aliphatic rings. The summed E-state index contributed by atoms with van der Waals surface area (Å²) in [5.41, 5.74) is 3.72. The van der Waals surface area contributed by atoms with Crippen LogP contribution in [0, 0.1) is 0 Å². The minimum Gasteiger partial charge on any atom is -0.336 e. The number of aryl methyl sites for hydroxylation is 1. The highest BCUT2D eigenvalue weighted by Gasteiger charge is 2.17. The van der Waals surface area contributed by atoms with Gasteiger partial charge in [-0.2, -0.15) is 0 Å². The number of hydrogen-bond acceptors (Lipinski definition) is 3. The quantitative estimate of drug-likeness (QED) is 0.675. The third-order valence-electron chi connectivity index (χ3n) is 2.56. The van der Waals surface area contributed by atoms with E-state index in [1.54, 1.807) is 6.20 Å². The lowest BCUT2D eigenvalue weighted by atomic mass is 10.1. The molecule has 1 aromatic heterocycles.